The molecule has 2 aromatic heterocycles. The van der Waals surface area contributed by atoms with E-state index in [0.29, 0.717) is 16.9 Å². The second-order valence-corrected chi connectivity index (χ2v) is 3.08. The standard InChI is InChI=1S/C11H11NO3/c1-14-10-6-12-4-2-9(10)11(13)8-3-5-15-7-8/h2-7,11,13H,1H3. The molecule has 0 spiro atoms. The maximum absolute atomic E-state index is 10.0. The zero-order valence-electron chi connectivity index (χ0n) is 8.25. The molecule has 4 nitrogen and oxygen atoms in total. The molecule has 0 aliphatic rings. The van der Waals surface area contributed by atoms with Gasteiger partial charge in [-0.15, -0.1) is 0 Å². The van der Waals surface area contributed by atoms with Crippen LogP contribution in [0.5, 0.6) is 5.75 Å². The van der Waals surface area contributed by atoms with Crippen molar-refractivity contribution in [2.24, 2.45) is 0 Å². The summed E-state index contributed by atoms with van der Waals surface area (Å²) >= 11 is 0. The average Bonchev–Trinajstić information content (AvgIpc) is 2.81. The summed E-state index contributed by atoms with van der Waals surface area (Å²) in [6, 6.07) is 3.43. The summed E-state index contributed by atoms with van der Waals surface area (Å²) in [6.07, 6.45) is 5.46. The van der Waals surface area contributed by atoms with Crippen molar-refractivity contribution in [2.45, 2.75) is 6.10 Å². The zero-order valence-corrected chi connectivity index (χ0v) is 8.25. The lowest BCUT2D eigenvalue weighted by molar-refractivity contribution is 0.213. The highest BCUT2D eigenvalue weighted by molar-refractivity contribution is 5.36. The van der Waals surface area contributed by atoms with Gasteiger partial charge in [0.05, 0.1) is 25.8 Å². The molecule has 0 amide bonds. The van der Waals surface area contributed by atoms with E-state index in [2.05, 4.69) is 4.98 Å². The number of pyridine rings is 1. The number of methoxy groups -OCH3 is 1. The van der Waals surface area contributed by atoms with Crippen LogP contribution in [0.15, 0.2) is 41.5 Å². The lowest BCUT2D eigenvalue weighted by atomic mass is 10.1. The van der Waals surface area contributed by atoms with Crippen LogP contribution in [-0.2, 0) is 0 Å². The molecule has 0 saturated heterocycles. The molecule has 0 radical (unpaired) electrons. The van der Waals surface area contributed by atoms with Crippen LogP contribution in [0.3, 0.4) is 0 Å². The first-order chi connectivity index (χ1) is 7.33. The van der Waals surface area contributed by atoms with Crippen molar-refractivity contribution in [1.82, 2.24) is 4.98 Å². The minimum absolute atomic E-state index is 0.561. The summed E-state index contributed by atoms with van der Waals surface area (Å²) in [4.78, 5) is 3.92. The molecule has 0 fully saturated rings. The van der Waals surface area contributed by atoms with Gasteiger partial charge >= 0.3 is 0 Å². The summed E-state index contributed by atoms with van der Waals surface area (Å²) in [5, 5.41) is 10.0. The molecule has 2 aromatic rings. The number of aliphatic hydroxyl groups excluding tert-OH is 1. The van der Waals surface area contributed by atoms with Crippen molar-refractivity contribution >= 4 is 0 Å². The first kappa shape index (κ1) is 9.73. The molecule has 1 N–H and O–H groups in total. The second-order valence-electron chi connectivity index (χ2n) is 3.08. The number of aromatic nitrogens is 1. The van der Waals surface area contributed by atoms with Gasteiger partial charge in [-0.25, -0.2) is 0 Å². The van der Waals surface area contributed by atoms with Gasteiger partial charge < -0.3 is 14.3 Å². The topological polar surface area (TPSA) is 55.5 Å². The van der Waals surface area contributed by atoms with Crippen LogP contribution >= 0.6 is 0 Å². The Balaban J connectivity index is 2.37. The van der Waals surface area contributed by atoms with Crippen LogP contribution < -0.4 is 4.74 Å². The van der Waals surface area contributed by atoms with Gasteiger partial charge in [0.2, 0.25) is 0 Å². The van der Waals surface area contributed by atoms with E-state index in [0.717, 1.165) is 0 Å². The van der Waals surface area contributed by atoms with E-state index in [-0.39, 0.29) is 0 Å². The molecule has 2 rings (SSSR count). The highest BCUT2D eigenvalue weighted by Crippen LogP contribution is 2.28. The summed E-state index contributed by atoms with van der Waals surface area (Å²) < 4.78 is 10.0. The first-order valence-electron chi connectivity index (χ1n) is 4.51. The Kier molecular flexibility index (Phi) is 2.69. The van der Waals surface area contributed by atoms with Gasteiger partial charge in [-0.1, -0.05) is 0 Å². The van der Waals surface area contributed by atoms with Crippen molar-refractivity contribution in [3.63, 3.8) is 0 Å². The van der Waals surface area contributed by atoms with E-state index < -0.39 is 6.10 Å². The van der Waals surface area contributed by atoms with Gasteiger partial charge in [0.15, 0.2) is 0 Å². The van der Waals surface area contributed by atoms with E-state index in [1.807, 2.05) is 0 Å². The maximum Gasteiger partial charge on any atom is 0.143 e. The van der Waals surface area contributed by atoms with Crippen molar-refractivity contribution in [1.29, 1.82) is 0 Å². The Morgan fingerprint density at radius 1 is 1.47 bits per heavy atom. The molecule has 2 heterocycles. The van der Waals surface area contributed by atoms with E-state index in [1.165, 1.54) is 12.5 Å². The summed E-state index contributed by atoms with van der Waals surface area (Å²) in [5.41, 5.74) is 1.37. The number of nitrogens with zero attached hydrogens (tertiary/aromatic N) is 1. The fraction of sp³-hybridized carbons (Fsp3) is 0.182. The monoisotopic (exact) mass is 205 g/mol. The maximum atomic E-state index is 10.0. The van der Waals surface area contributed by atoms with Gasteiger partial charge in [0.1, 0.15) is 11.9 Å². The average molecular weight is 205 g/mol. The molecule has 15 heavy (non-hydrogen) atoms. The predicted molar refractivity (Wildman–Crippen MR) is 53.6 cm³/mol. The minimum Gasteiger partial charge on any atom is -0.495 e. The molecule has 1 unspecified atom stereocenters. The summed E-state index contributed by atoms with van der Waals surface area (Å²) in [7, 11) is 1.54. The number of rotatable bonds is 3. The smallest absolute Gasteiger partial charge is 0.143 e. The molecule has 4 heteroatoms. The molecule has 0 saturated carbocycles. The summed E-state index contributed by atoms with van der Waals surface area (Å²) in [6.45, 7) is 0. The van der Waals surface area contributed by atoms with Crippen LogP contribution in [-0.4, -0.2) is 17.2 Å². The number of hydrogen-bond donors (Lipinski definition) is 1. The molecular formula is C11H11NO3. The Morgan fingerprint density at radius 2 is 2.33 bits per heavy atom. The fourth-order valence-corrected chi connectivity index (χ4v) is 1.40. The van der Waals surface area contributed by atoms with E-state index in [9.17, 15) is 5.11 Å². The van der Waals surface area contributed by atoms with Crippen molar-refractivity contribution in [2.75, 3.05) is 7.11 Å². The molecule has 78 valence electrons. The number of hydrogen-bond acceptors (Lipinski definition) is 4. The third-order valence-corrected chi connectivity index (χ3v) is 2.19. The van der Waals surface area contributed by atoms with Gasteiger partial charge in [-0.05, 0) is 12.1 Å². The van der Waals surface area contributed by atoms with Gasteiger partial charge in [-0.2, -0.15) is 0 Å². The molecular weight excluding hydrogens is 194 g/mol. The van der Waals surface area contributed by atoms with Crippen LogP contribution in [0, 0.1) is 0 Å². The predicted octanol–water partition coefficient (Wildman–Crippen LogP) is 1.76. The van der Waals surface area contributed by atoms with E-state index in [1.54, 1.807) is 31.6 Å². The van der Waals surface area contributed by atoms with E-state index >= 15 is 0 Å². The SMILES string of the molecule is COc1cnccc1C(O)c1ccoc1. The van der Waals surface area contributed by atoms with Crippen LogP contribution in [0.1, 0.15) is 17.2 Å². The Labute approximate surface area is 87.1 Å². The molecule has 0 aliphatic carbocycles. The number of furan rings is 1. The minimum atomic E-state index is -0.748. The van der Waals surface area contributed by atoms with E-state index in [4.69, 9.17) is 9.15 Å². The highest BCUT2D eigenvalue weighted by Gasteiger charge is 2.15. The first-order valence-corrected chi connectivity index (χ1v) is 4.51. The number of ether oxygens (including phenoxy) is 1. The fourth-order valence-electron chi connectivity index (χ4n) is 1.40. The lowest BCUT2D eigenvalue weighted by Crippen LogP contribution is -2.01. The van der Waals surface area contributed by atoms with Crippen molar-refractivity contribution in [3.05, 3.63) is 48.2 Å². The Morgan fingerprint density at radius 3 is 3.00 bits per heavy atom. The molecule has 1 atom stereocenters. The van der Waals surface area contributed by atoms with Gasteiger partial charge in [0.25, 0.3) is 0 Å². The van der Waals surface area contributed by atoms with Crippen molar-refractivity contribution in [3.8, 4) is 5.75 Å². The zero-order chi connectivity index (χ0) is 10.7. The molecule has 0 bridgehead atoms. The second kappa shape index (κ2) is 4.14. The van der Waals surface area contributed by atoms with Crippen LogP contribution in [0.25, 0.3) is 0 Å². The Bertz CT molecular complexity index is 425. The normalized spacial score (nSPS) is 12.4. The quantitative estimate of drug-likeness (QED) is 0.829. The van der Waals surface area contributed by atoms with Crippen molar-refractivity contribution < 1.29 is 14.3 Å². The Hall–Kier alpha value is -1.81. The largest absolute Gasteiger partial charge is 0.495 e. The van der Waals surface area contributed by atoms with Gasteiger partial charge in [0, 0.05) is 17.3 Å². The van der Waals surface area contributed by atoms with Crippen LogP contribution in [0.2, 0.25) is 0 Å². The summed E-state index contributed by atoms with van der Waals surface area (Å²) in [5.74, 6) is 0.561. The lowest BCUT2D eigenvalue weighted by Gasteiger charge is -2.12. The molecule has 0 aromatic carbocycles. The third-order valence-electron chi connectivity index (χ3n) is 2.19. The van der Waals surface area contributed by atoms with Gasteiger partial charge in [-0.3, -0.25) is 4.98 Å². The molecule has 0 aliphatic heterocycles. The van der Waals surface area contributed by atoms with Crippen LogP contribution in [0.4, 0.5) is 0 Å². The number of aliphatic hydroxyl groups is 1. The highest BCUT2D eigenvalue weighted by atomic mass is 16.5. The third kappa shape index (κ3) is 1.85.